The van der Waals surface area contributed by atoms with Crippen LogP contribution in [0.1, 0.15) is 27.2 Å². The fourth-order valence-corrected chi connectivity index (χ4v) is 6.85. The summed E-state index contributed by atoms with van der Waals surface area (Å²) in [6.07, 6.45) is 4.38. The van der Waals surface area contributed by atoms with E-state index in [1.165, 1.54) is 11.4 Å². The standard InChI is InChI=1S/C16H26N3OPS/c1-5-13-19(14-17-16-11-9-8-10-12-16)21(20,18-7-3)22-15(4)6-2/h5,8-12,14-15H,1,6-7,13H2,2-4H3,(H,18,20). The van der Waals surface area contributed by atoms with Crippen LogP contribution in [0.5, 0.6) is 0 Å². The lowest BCUT2D eigenvalue weighted by atomic mass is 10.3. The summed E-state index contributed by atoms with van der Waals surface area (Å²) < 4.78 is 15.1. The highest BCUT2D eigenvalue weighted by Crippen LogP contribution is 2.59. The summed E-state index contributed by atoms with van der Waals surface area (Å²) in [6.45, 7) is 8.28. The summed E-state index contributed by atoms with van der Waals surface area (Å²) in [6, 6.07) is 9.65. The smallest absolute Gasteiger partial charge is 0.290 e. The molecular formula is C16H26N3OPS. The Morgan fingerprint density at radius 2 is 2.09 bits per heavy atom. The maximum Gasteiger partial charge on any atom is 0.293 e. The third-order valence-electron chi connectivity index (χ3n) is 3.01. The summed E-state index contributed by atoms with van der Waals surface area (Å²) in [4.78, 5) is 4.43. The molecule has 122 valence electrons. The Bertz CT molecular complexity index is 521. The summed E-state index contributed by atoms with van der Waals surface area (Å²) in [7, 11) is 0. The molecule has 2 atom stereocenters. The van der Waals surface area contributed by atoms with Gasteiger partial charge in [-0.2, -0.15) is 0 Å². The van der Waals surface area contributed by atoms with Gasteiger partial charge in [0.05, 0.1) is 12.0 Å². The second kappa shape index (κ2) is 9.88. The molecule has 1 N–H and O–H groups in total. The van der Waals surface area contributed by atoms with E-state index in [9.17, 15) is 4.57 Å². The van der Waals surface area contributed by atoms with Crippen LogP contribution in [0.25, 0.3) is 0 Å². The van der Waals surface area contributed by atoms with Crippen molar-refractivity contribution in [2.45, 2.75) is 32.4 Å². The molecule has 1 rings (SSSR count). The molecule has 0 amide bonds. The molecule has 0 bridgehead atoms. The highest BCUT2D eigenvalue weighted by atomic mass is 32.7. The molecule has 0 aromatic heterocycles. The van der Waals surface area contributed by atoms with Crippen LogP contribution in [0.4, 0.5) is 5.69 Å². The molecule has 0 aliphatic carbocycles. The van der Waals surface area contributed by atoms with Crippen molar-refractivity contribution in [3.05, 3.63) is 43.0 Å². The number of aliphatic imine (C=N–C) groups is 1. The minimum atomic E-state index is -2.78. The van der Waals surface area contributed by atoms with Gasteiger partial charge in [0.1, 0.15) is 0 Å². The third kappa shape index (κ3) is 5.99. The number of benzene rings is 1. The molecule has 0 fully saturated rings. The number of rotatable bonds is 10. The minimum absolute atomic E-state index is 0.308. The van der Waals surface area contributed by atoms with Gasteiger partial charge in [0, 0.05) is 18.3 Å². The molecule has 0 aliphatic heterocycles. The molecule has 0 heterocycles. The second-order valence-electron chi connectivity index (χ2n) is 4.85. The van der Waals surface area contributed by atoms with Crippen LogP contribution in [0.15, 0.2) is 48.0 Å². The van der Waals surface area contributed by atoms with Gasteiger partial charge in [-0.1, -0.05) is 56.4 Å². The number of hydrogen-bond acceptors (Lipinski definition) is 3. The zero-order valence-corrected chi connectivity index (χ0v) is 15.3. The van der Waals surface area contributed by atoms with E-state index in [1.807, 2.05) is 37.3 Å². The van der Waals surface area contributed by atoms with Crippen molar-refractivity contribution in [2.24, 2.45) is 4.99 Å². The zero-order valence-electron chi connectivity index (χ0n) is 13.6. The predicted molar refractivity (Wildman–Crippen MR) is 100 cm³/mol. The van der Waals surface area contributed by atoms with Crippen LogP contribution in [-0.4, -0.2) is 29.3 Å². The average Bonchev–Trinajstić information content (AvgIpc) is 2.52. The van der Waals surface area contributed by atoms with E-state index in [4.69, 9.17) is 0 Å². The highest BCUT2D eigenvalue weighted by Gasteiger charge is 2.30. The Hall–Kier alpha value is -1.03. The molecule has 22 heavy (non-hydrogen) atoms. The maximum absolute atomic E-state index is 13.3. The number of nitrogens with one attached hydrogen (secondary N) is 1. The Morgan fingerprint density at radius 3 is 2.64 bits per heavy atom. The molecule has 1 aromatic carbocycles. The Kier molecular flexibility index (Phi) is 8.54. The van der Waals surface area contributed by atoms with Crippen LogP contribution >= 0.6 is 18.0 Å². The van der Waals surface area contributed by atoms with Gasteiger partial charge in [0.2, 0.25) is 0 Å². The lowest BCUT2D eigenvalue weighted by molar-refractivity contribution is 0.538. The lowest BCUT2D eigenvalue weighted by Gasteiger charge is -2.30. The van der Waals surface area contributed by atoms with Gasteiger partial charge >= 0.3 is 0 Å². The zero-order chi connectivity index (χ0) is 16.4. The number of nitrogens with zero attached hydrogens (tertiary/aromatic N) is 2. The molecule has 0 saturated carbocycles. The minimum Gasteiger partial charge on any atom is -0.290 e. The SMILES string of the molecule is C=CCN(C=Nc1ccccc1)P(=O)(NCC)SC(C)CC. The summed E-state index contributed by atoms with van der Waals surface area (Å²) in [5, 5.41) is 3.46. The fourth-order valence-electron chi connectivity index (χ4n) is 1.71. The molecule has 6 heteroatoms. The first kappa shape index (κ1) is 19.0. The molecular weight excluding hydrogens is 313 g/mol. The third-order valence-corrected chi connectivity index (χ3v) is 8.60. The molecule has 0 saturated heterocycles. The molecule has 0 radical (unpaired) electrons. The van der Waals surface area contributed by atoms with Crippen molar-refractivity contribution in [2.75, 3.05) is 13.1 Å². The van der Waals surface area contributed by atoms with E-state index in [-0.39, 0.29) is 0 Å². The lowest BCUT2D eigenvalue weighted by Crippen LogP contribution is -2.26. The van der Waals surface area contributed by atoms with Gasteiger partial charge in [-0.3, -0.25) is 9.24 Å². The van der Waals surface area contributed by atoms with E-state index in [0.717, 1.165) is 12.1 Å². The van der Waals surface area contributed by atoms with E-state index < -0.39 is 6.65 Å². The van der Waals surface area contributed by atoms with E-state index >= 15 is 0 Å². The van der Waals surface area contributed by atoms with E-state index in [0.29, 0.717) is 18.3 Å². The first-order valence-electron chi connectivity index (χ1n) is 7.56. The predicted octanol–water partition coefficient (Wildman–Crippen LogP) is 5.08. The van der Waals surface area contributed by atoms with Crippen LogP contribution < -0.4 is 5.09 Å². The Labute approximate surface area is 138 Å². The second-order valence-corrected chi connectivity index (χ2v) is 9.85. The average molecular weight is 339 g/mol. The van der Waals surface area contributed by atoms with Crippen molar-refractivity contribution in [3.63, 3.8) is 0 Å². The normalized spacial score (nSPS) is 15.4. The largest absolute Gasteiger partial charge is 0.293 e. The van der Waals surface area contributed by atoms with E-state index in [1.54, 1.807) is 17.1 Å². The summed E-state index contributed by atoms with van der Waals surface area (Å²) in [5.74, 6) is 0. The quantitative estimate of drug-likeness (QED) is 0.279. The van der Waals surface area contributed by atoms with Crippen molar-refractivity contribution in [3.8, 4) is 0 Å². The van der Waals surface area contributed by atoms with Crippen molar-refractivity contribution in [1.29, 1.82) is 0 Å². The Balaban J connectivity index is 2.99. The summed E-state index contributed by atoms with van der Waals surface area (Å²) in [5.41, 5.74) is 0.841. The summed E-state index contributed by atoms with van der Waals surface area (Å²) >= 11 is 1.49. The number of para-hydroxylation sites is 1. The van der Waals surface area contributed by atoms with E-state index in [2.05, 4.69) is 30.5 Å². The monoisotopic (exact) mass is 339 g/mol. The molecule has 0 aliphatic rings. The van der Waals surface area contributed by atoms with Crippen LogP contribution in [0.3, 0.4) is 0 Å². The van der Waals surface area contributed by atoms with Gasteiger partial charge in [-0.25, -0.2) is 10.1 Å². The highest BCUT2D eigenvalue weighted by molar-refractivity contribution is 8.57. The topological polar surface area (TPSA) is 44.7 Å². The van der Waals surface area contributed by atoms with Gasteiger partial charge in [-0.05, 0) is 18.6 Å². The van der Waals surface area contributed by atoms with Gasteiger partial charge in [-0.15, -0.1) is 6.58 Å². The fraction of sp³-hybridized carbons (Fsp3) is 0.438. The van der Waals surface area contributed by atoms with Gasteiger partial charge in [0.25, 0.3) is 6.65 Å². The first-order chi connectivity index (χ1) is 10.6. The Morgan fingerprint density at radius 1 is 1.41 bits per heavy atom. The maximum atomic E-state index is 13.3. The van der Waals surface area contributed by atoms with Crippen molar-refractivity contribution in [1.82, 2.24) is 9.76 Å². The molecule has 4 nitrogen and oxygen atoms in total. The molecule has 0 spiro atoms. The number of hydrogen-bond donors (Lipinski definition) is 1. The van der Waals surface area contributed by atoms with Crippen LogP contribution in [0.2, 0.25) is 0 Å². The van der Waals surface area contributed by atoms with Gasteiger partial charge in [0.15, 0.2) is 0 Å². The van der Waals surface area contributed by atoms with Crippen LogP contribution in [0, 0.1) is 0 Å². The van der Waals surface area contributed by atoms with Crippen LogP contribution in [-0.2, 0) is 4.57 Å². The molecule has 1 aromatic rings. The molecule has 2 unspecified atom stereocenters. The first-order valence-corrected chi connectivity index (χ1v) is 10.7. The van der Waals surface area contributed by atoms with Gasteiger partial charge < -0.3 is 0 Å². The van der Waals surface area contributed by atoms with Crippen molar-refractivity contribution >= 4 is 30.1 Å². The van der Waals surface area contributed by atoms with Crippen molar-refractivity contribution < 1.29 is 4.57 Å².